The highest BCUT2D eigenvalue weighted by atomic mass is 16.5. The summed E-state index contributed by atoms with van der Waals surface area (Å²) in [5, 5.41) is 7.36. The standard InChI is InChI=1S/C14H17N3O/c1-9-12(8-15)16-17-14(9)11-4-5-13-10(7-11)3-2-6-18-13/h4-5,7H,2-3,6,8,15H2,1H3,(H,16,17). The molecular weight excluding hydrogens is 226 g/mol. The van der Waals surface area contributed by atoms with Gasteiger partial charge in [0.25, 0.3) is 0 Å². The van der Waals surface area contributed by atoms with E-state index < -0.39 is 0 Å². The van der Waals surface area contributed by atoms with Crippen molar-refractivity contribution in [1.82, 2.24) is 10.2 Å². The largest absolute Gasteiger partial charge is 0.493 e. The second-order valence-electron chi connectivity index (χ2n) is 4.65. The van der Waals surface area contributed by atoms with E-state index in [9.17, 15) is 0 Å². The van der Waals surface area contributed by atoms with Crippen LogP contribution in [0, 0.1) is 6.92 Å². The maximum absolute atomic E-state index is 5.66. The van der Waals surface area contributed by atoms with Crippen LogP contribution in [-0.2, 0) is 13.0 Å². The van der Waals surface area contributed by atoms with Crippen LogP contribution in [0.1, 0.15) is 23.2 Å². The maximum Gasteiger partial charge on any atom is 0.122 e. The van der Waals surface area contributed by atoms with E-state index in [1.165, 1.54) is 5.56 Å². The predicted octanol–water partition coefficient (Wildman–Crippen LogP) is 2.17. The average molecular weight is 243 g/mol. The fourth-order valence-electron chi connectivity index (χ4n) is 2.42. The molecule has 0 atom stereocenters. The summed E-state index contributed by atoms with van der Waals surface area (Å²) in [6, 6.07) is 6.28. The number of aryl methyl sites for hydroxylation is 1. The molecule has 1 aromatic heterocycles. The second-order valence-corrected chi connectivity index (χ2v) is 4.65. The molecule has 18 heavy (non-hydrogen) atoms. The lowest BCUT2D eigenvalue weighted by Gasteiger charge is -2.17. The minimum absolute atomic E-state index is 0.493. The summed E-state index contributed by atoms with van der Waals surface area (Å²) in [7, 11) is 0. The Kier molecular flexibility index (Phi) is 2.80. The van der Waals surface area contributed by atoms with Gasteiger partial charge in [-0.2, -0.15) is 5.10 Å². The Morgan fingerprint density at radius 1 is 1.44 bits per heavy atom. The Bertz CT molecular complexity index is 574. The van der Waals surface area contributed by atoms with Crippen LogP contribution >= 0.6 is 0 Å². The summed E-state index contributed by atoms with van der Waals surface area (Å²) in [5.74, 6) is 1.01. The van der Waals surface area contributed by atoms with Gasteiger partial charge in [-0.3, -0.25) is 5.10 Å². The summed E-state index contributed by atoms with van der Waals surface area (Å²) in [4.78, 5) is 0. The van der Waals surface area contributed by atoms with E-state index in [2.05, 4.69) is 29.3 Å². The zero-order valence-electron chi connectivity index (χ0n) is 10.5. The summed E-state index contributed by atoms with van der Waals surface area (Å²) < 4.78 is 5.62. The number of rotatable bonds is 2. The molecule has 0 radical (unpaired) electrons. The van der Waals surface area contributed by atoms with Crippen molar-refractivity contribution in [2.45, 2.75) is 26.3 Å². The first kappa shape index (κ1) is 11.3. The van der Waals surface area contributed by atoms with E-state index in [1.807, 2.05) is 6.07 Å². The molecule has 2 aromatic rings. The molecule has 0 saturated heterocycles. The second kappa shape index (κ2) is 4.46. The highest BCUT2D eigenvalue weighted by molar-refractivity contribution is 5.66. The zero-order chi connectivity index (χ0) is 12.5. The van der Waals surface area contributed by atoms with Gasteiger partial charge in [0.1, 0.15) is 5.75 Å². The van der Waals surface area contributed by atoms with E-state index in [0.717, 1.165) is 47.7 Å². The number of H-pyrrole nitrogens is 1. The Balaban J connectivity index is 2.03. The SMILES string of the molecule is Cc1c(-c2ccc3c(c2)CCCO3)n[nH]c1CN. The van der Waals surface area contributed by atoms with Crippen molar-refractivity contribution in [1.29, 1.82) is 0 Å². The third-order valence-corrected chi connectivity index (χ3v) is 3.50. The summed E-state index contributed by atoms with van der Waals surface area (Å²) in [5.41, 5.74) is 11.2. The number of aromatic amines is 1. The van der Waals surface area contributed by atoms with Crippen LogP contribution in [0.5, 0.6) is 5.75 Å². The van der Waals surface area contributed by atoms with Gasteiger partial charge in [0.15, 0.2) is 0 Å². The smallest absolute Gasteiger partial charge is 0.122 e. The maximum atomic E-state index is 5.66. The van der Waals surface area contributed by atoms with E-state index in [4.69, 9.17) is 10.5 Å². The van der Waals surface area contributed by atoms with Crippen molar-refractivity contribution in [3.8, 4) is 17.0 Å². The highest BCUT2D eigenvalue weighted by Gasteiger charge is 2.14. The molecule has 3 rings (SSSR count). The van der Waals surface area contributed by atoms with Crippen molar-refractivity contribution < 1.29 is 4.74 Å². The minimum Gasteiger partial charge on any atom is -0.493 e. The Morgan fingerprint density at radius 3 is 3.11 bits per heavy atom. The lowest BCUT2D eigenvalue weighted by Crippen LogP contribution is -2.08. The topological polar surface area (TPSA) is 63.9 Å². The number of hydrogen-bond acceptors (Lipinski definition) is 3. The van der Waals surface area contributed by atoms with Crippen molar-refractivity contribution in [3.05, 3.63) is 35.0 Å². The molecule has 0 unspecified atom stereocenters. The lowest BCUT2D eigenvalue weighted by molar-refractivity contribution is 0.288. The average Bonchev–Trinajstić information content (AvgIpc) is 2.79. The van der Waals surface area contributed by atoms with Gasteiger partial charge in [0.2, 0.25) is 0 Å². The van der Waals surface area contributed by atoms with Crippen molar-refractivity contribution >= 4 is 0 Å². The van der Waals surface area contributed by atoms with Gasteiger partial charge in [0, 0.05) is 12.1 Å². The van der Waals surface area contributed by atoms with Gasteiger partial charge in [-0.1, -0.05) is 0 Å². The quantitative estimate of drug-likeness (QED) is 0.849. The molecule has 0 aliphatic carbocycles. The molecule has 3 N–H and O–H groups in total. The summed E-state index contributed by atoms with van der Waals surface area (Å²) >= 11 is 0. The van der Waals surface area contributed by atoms with E-state index in [0.29, 0.717) is 6.54 Å². The Hall–Kier alpha value is -1.81. The molecule has 0 amide bonds. The molecule has 1 aromatic carbocycles. The van der Waals surface area contributed by atoms with Crippen molar-refractivity contribution in [2.75, 3.05) is 6.61 Å². The molecule has 2 heterocycles. The number of aromatic nitrogens is 2. The van der Waals surface area contributed by atoms with Crippen LogP contribution in [-0.4, -0.2) is 16.8 Å². The van der Waals surface area contributed by atoms with Crippen LogP contribution in [0.15, 0.2) is 18.2 Å². The molecule has 0 spiro atoms. The van der Waals surface area contributed by atoms with Gasteiger partial charge < -0.3 is 10.5 Å². The Labute approximate surface area is 106 Å². The van der Waals surface area contributed by atoms with Gasteiger partial charge in [0.05, 0.1) is 18.0 Å². The predicted molar refractivity (Wildman–Crippen MR) is 70.5 cm³/mol. The van der Waals surface area contributed by atoms with E-state index in [-0.39, 0.29) is 0 Å². The van der Waals surface area contributed by atoms with Crippen molar-refractivity contribution in [2.24, 2.45) is 5.73 Å². The van der Waals surface area contributed by atoms with Crippen LogP contribution in [0.25, 0.3) is 11.3 Å². The molecule has 1 aliphatic heterocycles. The summed E-state index contributed by atoms with van der Waals surface area (Å²) in [6.07, 6.45) is 2.17. The van der Waals surface area contributed by atoms with Gasteiger partial charge >= 0.3 is 0 Å². The molecule has 94 valence electrons. The molecular formula is C14H17N3O. The number of fused-ring (bicyclic) bond motifs is 1. The highest BCUT2D eigenvalue weighted by Crippen LogP contribution is 2.31. The normalized spacial score (nSPS) is 14.1. The first-order valence-electron chi connectivity index (χ1n) is 6.29. The van der Waals surface area contributed by atoms with Gasteiger partial charge in [-0.15, -0.1) is 0 Å². The number of benzene rings is 1. The molecule has 0 bridgehead atoms. The van der Waals surface area contributed by atoms with Crippen LogP contribution in [0.2, 0.25) is 0 Å². The number of nitrogens with two attached hydrogens (primary N) is 1. The van der Waals surface area contributed by atoms with Crippen LogP contribution in [0.4, 0.5) is 0 Å². The van der Waals surface area contributed by atoms with Crippen molar-refractivity contribution in [3.63, 3.8) is 0 Å². The van der Waals surface area contributed by atoms with Gasteiger partial charge in [-0.25, -0.2) is 0 Å². The monoisotopic (exact) mass is 243 g/mol. The molecule has 4 nitrogen and oxygen atoms in total. The first-order valence-corrected chi connectivity index (χ1v) is 6.29. The minimum atomic E-state index is 0.493. The molecule has 0 fully saturated rings. The first-order chi connectivity index (χ1) is 8.79. The molecule has 1 aliphatic rings. The molecule has 0 saturated carbocycles. The third kappa shape index (κ3) is 1.78. The lowest BCUT2D eigenvalue weighted by atomic mass is 10.00. The van der Waals surface area contributed by atoms with Crippen LogP contribution in [0.3, 0.4) is 0 Å². The summed E-state index contributed by atoms with van der Waals surface area (Å²) in [6.45, 7) is 3.37. The number of hydrogen-bond donors (Lipinski definition) is 2. The van der Waals surface area contributed by atoms with Gasteiger partial charge in [-0.05, 0) is 49.1 Å². The number of nitrogens with zero attached hydrogens (tertiary/aromatic N) is 1. The van der Waals surface area contributed by atoms with Crippen LogP contribution < -0.4 is 10.5 Å². The number of ether oxygens (including phenoxy) is 1. The zero-order valence-corrected chi connectivity index (χ0v) is 10.5. The van der Waals surface area contributed by atoms with E-state index in [1.54, 1.807) is 0 Å². The Morgan fingerprint density at radius 2 is 2.33 bits per heavy atom. The van der Waals surface area contributed by atoms with E-state index >= 15 is 0 Å². The fraction of sp³-hybridized carbons (Fsp3) is 0.357. The third-order valence-electron chi connectivity index (χ3n) is 3.50. The molecule has 4 heteroatoms. The number of nitrogens with one attached hydrogen (secondary N) is 1. The fourth-order valence-corrected chi connectivity index (χ4v) is 2.42.